The van der Waals surface area contributed by atoms with Gasteiger partial charge < -0.3 is 4.74 Å². The zero-order valence-electron chi connectivity index (χ0n) is 25.2. The second-order valence-corrected chi connectivity index (χ2v) is 12.5. The highest BCUT2D eigenvalue weighted by Gasteiger charge is 2.53. The molecule has 0 unspecified atom stereocenters. The van der Waals surface area contributed by atoms with Crippen LogP contribution in [0.2, 0.25) is 0 Å². The molecule has 0 saturated heterocycles. The summed E-state index contributed by atoms with van der Waals surface area (Å²) in [5.74, 6) is 2.51. The molecule has 0 N–H and O–H groups in total. The van der Waals surface area contributed by atoms with Crippen LogP contribution in [-0.2, 0) is 10.8 Å². The van der Waals surface area contributed by atoms with Crippen molar-refractivity contribution in [1.29, 1.82) is 0 Å². The number of nitrogens with zero attached hydrogens (tertiary/aromatic N) is 2. The van der Waals surface area contributed by atoms with E-state index in [1.807, 2.05) is 18.2 Å². The van der Waals surface area contributed by atoms with Gasteiger partial charge in [0.2, 0.25) is 0 Å². The van der Waals surface area contributed by atoms with Crippen molar-refractivity contribution in [1.82, 2.24) is 9.97 Å². The molecule has 2 aliphatic rings. The first-order valence-corrected chi connectivity index (χ1v) is 15.5. The third-order valence-electron chi connectivity index (χ3n) is 9.79. The van der Waals surface area contributed by atoms with Crippen LogP contribution in [0.3, 0.4) is 0 Å². The molecule has 1 spiro atoms. The van der Waals surface area contributed by atoms with Gasteiger partial charge in [0.15, 0.2) is 5.82 Å². The Morgan fingerprint density at radius 2 is 1.07 bits per heavy atom. The predicted molar refractivity (Wildman–Crippen MR) is 181 cm³/mol. The van der Waals surface area contributed by atoms with E-state index in [0.29, 0.717) is 0 Å². The van der Waals surface area contributed by atoms with Gasteiger partial charge in [-0.15, -0.1) is 0 Å². The van der Waals surface area contributed by atoms with Crippen molar-refractivity contribution in [2.24, 2.45) is 0 Å². The average molecular weight is 579 g/mol. The van der Waals surface area contributed by atoms with Gasteiger partial charge in [-0.1, -0.05) is 141 Å². The maximum atomic E-state index is 6.60. The summed E-state index contributed by atoms with van der Waals surface area (Å²) in [6.07, 6.45) is 0. The Morgan fingerprint density at radius 3 is 1.80 bits per heavy atom. The Balaban J connectivity index is 1.45. The summed E-state index contributed by atoms with van der Waals surface area (Å²) in [6, 6.07) is 51.5. The first-order valence-electron chi connectivity index (χ1n) is 15.5. The zero-order chi connectivity index (χ0) is 30.2. The fourth-order valence-electron chi connectivity index (χ4n) is 7.94. The number of rotatable bonds is 2. The molecule has 0 bridgehead atoms. The van der Waals surface area contributed by atoms with Gasteiger partial charge >= 0.3 is 0 Å². The Labute approximate surface area is 262 Å². The Morgan fingerprint density at radius 1 is 0.489 bits per heavy atom. The van der Waals surface area contributed by atoms with E-state index in [-0.39, 0.29) is 5.41 Å². The third-order valence-corrected chi connectivity index (χ3v) is 9.79. The van der Waals surface area contributed by atoms with Gasteiger partial charge in [0.1, 0.15) is 11.5 Å². The van der Waals surface area contributed by atoms with E-state index < -0.39 is 5.41 Å². The molecular weight excluding hydrogens is 548 g/mol. The van der Waals surface area contributed by atoms with Crippen LogP contribution >= 0.6 is 0 Å². The van der Waals surface area contributed by atoms with E-state index in [0.717, 1.165) is 56.2 Å². The maximum Gasteiger partial charge on any atom is 0.160 e. The lowest BCUT2D eigenvalue weighted by Gasteiger charge is -2.50. The molecule has 1 aromatic heterocycles. The first-order chi connectivity index (χ1) is 22.1. The molecule has 214 valence electrons. The number of hydrogen-bond acceptors (Lipinski definition) is 3. The van der Waals surface area contributed by atoms with Gasteiger partial charge in [0.25, 0.3) is 0 Å². The van der Waals surface area contributed by atoms with Crippen LogP contribution in [-0.4, -0.2) is 9.97 Å². The second-order valence-electron chi connectivity index (χ2n) is 12.5. The first kappa shape index (κ1) is 25.9. The predicted octanol–water partition coefficient (Wildman–Crippen LogP) is 10.1. The van der Waals surface area contributed by atoms with Crippen molar-refractivity contribution >= 4 is 10.9 Å². The summed E-state index contributed by atoms with van der Waals surface area (Å²) >= 11 is 0. The molecule has 1 aliphatic heterocycles. The molecule has 7 aromatic rings. The molecule has 2 heterocycles. The molecule has 0 radical (unpaired) electrons. The summed E-state index contributed by atoms with van der Waals surface area (Å²) in [7, 11) is 0. The lowest BCUT2D eigenvalue weighted by Crippen LogP contribution is -2.43. The topological polar surface area (TPSA) is 35.0 Å². The van der Waals surface area contributed by atoms with Crippen LogP contribution < -0.4 is 4.74 Å². The van der Waals surface area contributed by atoms with Crippen molar-refractivity contribution < 1.29 is 4.74 Å². The fraction of sp³-hybridized carbons (Fsp3) is 0.0952. The van der Waals surface area contributed by atoms with Gasteiger partial charge in [0, 0.05) is 33.1 Å². The van der Waals surface area contributed by atoms with Gasteiger partial charge in [-0.05, 0) is 40.5 Å². The number of ether oxygens (including phenoxy) is 1. The van der Waals surface area contributed by atoms with Crippen LogP contribution in [0.15, 0.2) is 146 Å². The number of fused-ring (bicyclic) bond motifs is 9. The number of benzene rings is 6. The number of aromatic nitrogens is 2. The van der Waals surface area contributed by atoms with Crippen molar-refractivity contribution in [2.75, 3.05) is 0 Å². The van der Waals surface area contributed by atoms with Crippen LogP contribution in [0.4, 0.5) is 0 Å². The van der Waals surface area contributed by atoms with Gasteiger partial charge in [0.05, 0.1) is 16.6 Å². The molecule has 0 atom stereocenters. The van der Waals surface area contributed by atoms with Gasteiger partial charge in [-0.2, -0.15) is 0 Å². The highest BCUT2D eigenvalue weighted by Crippen LogP contribution is 2.62. The molecule has 1 aliphatic carbocycles. The third kappa shape index (κ3) is 3.52. The molecule has 45 heavy (non-hydrogen) atoms. The van der Waals surface area contributed by atoms with Crippen molar-refractivity contribution in [3.63, 3.8) is 0 Å². The number of para-hydroxylation sites is 3. The molecule has 0 amide bonds. The molecule has 3 nitrogen and oxygen atoms in total. The SMILES string of the molecule is CC1(C)c2ccccc2C2(c3ccccc3Oc3ccccc32)c2cccc(-c3nc(-c4ccccc4)nc4ccccc34)c21. The van der Waals surface area contributed by atoms with Gasteiger partial charge in [-0.3, -0.25) is 0 Å². The van der Waals surface area contributed by atoms with Crippen LogP contribution in [0, 0.1) is 0 Å². The lowest BCUT2D eigenvalue weighted by molar-refractivity contribution is 0.425. The van der Waals surface area contributed by atoms with Crippen molar-refractivity contribution in [3.8, 4) is 34.1 Å². The largest absolute Gasteiger partial charge is 0.457 e. The minimum Gasteiger partial charge on any atom is -0.457 e. The monoisotopic (exact) mass is 578 g/mol. The Hall–Kier alpha value is -5.54. The average Bonchev–Trinajstić information content (AvgIpc) is 3.10. The highest BCUT2D eigenvalue weighted by atomic mass is 16.5. The molecular formula is C42H30N2O. The van der Waals surface area contributed by atoms with E-state index >= 15 is 0 Å². The van der Waals surface area contributed by atoms with Crippen LogP contribution in [0.25, 0.3) is 33.5 Å². The van der Waals surface area contributed by atoms with E-state index in [1.165, 1.54) is 22.3 Å². The number of hydrogen-bond donors (Lipinski definition) is 0. The van der Waals surface area contributed by atoms with Crippen LogP contribution in [0.5, 0.6) is 11.5 Å². The zero-order valence-corrected chi connectivity index (χ0v) is 25.2. The fourth-order valence-corrected chi connectivity index (χ4v) is 7.94. The second kappa shape index (κ2) is 9.48. The standard InChI is InChI=1S/C42H30N2O/c1-41(2)30-19-7-8-20-31(30)42(32-21-9-12-25-36(32)45-37-26-13-10-22-33(37)42)34-23-14-18-29(38(34)41)39-28-17-6-11-24-35(28)43-40(44-39)27-15-4-3-5-16-27/h3-26H,1-2H3. The van der Waals surface area contributed by atoms with E-state index in [9.17, 15) is 0 Å². The molecule has 0 fully saturated rings. The Bertz CT molecular complexity index is 2240. The van der Waals surface area contributed by atoms with E-state index in [2.05, 4.69) is 141 Å². The molecule has 3 heteroatoms. The summed E-state index contributed by atoms with van der Waals surface area (Å²) < 4.78 is 6.60. The molecule has 6 aromatic carbocycles. The normalized spacial score (nSPS) is 15.0. The summed E-state index contributed by atoms with van der Waals surface area (Å²) in [5.41, 5.74) is 10.6. The summed E-state index contributed by atoms with van der Waals surface area (Å²) in [6.45, 7) is 4.72. The quantitative estimate of drug-likeness (QED) is 0.205. The lowest BCUT2D eigenvalue weighted by atomic mass is 9.53. The van der Waals surface area contributed by atoms with E-state index in [1.54, 1.807) is 0 Å². The minimum absolute atomic E-state index is 0.324. The summed E-state index contributed by atoms with van der Waals surface area (Å²) in [5, 5.41) is 1.04. The highest BCUT2D eigenvalue weighted by molar-refractivity contribution is 5.96. The summed E-state index contributed by atoms with van der Waals surface area (Å²) in [4.78, 5) is 10.4. The maximum absolute atomic E-state index is 6.60. The van der Waals surface area contributed by atoms with Crippen molar-refractivity contribution in [3.05, 3.63) is 179 Å². The minimum atomic E-state index is -0.575. The van der Waals surface area contributed by atoms with E-state index in [4.69, 9.17) is 14.7 Å². The molecule has 0 saturated carbocycles. The van der Waals surface area contributed by atoms with Crippen LogP contribution in [0.1, 0.15) is 47.2 Å². The van der Waals surface area contributed by atoms with Gasteiger partial charge in [-0.25, -0.2) is 9.97 Å². The Kier molecular flexibility index (Phi) is 5.46. The van der Waals surface area contributed by atoms with Crippen molar-refractivity contribution in [2.45, 2.75) is 24.7 Å². The molecule has 9 rings (SSSR count). The smallest absolute Gasteiger partial charge is 0.160 e.